The Morgan fingerprint density at radius 2 is 2.08 bits per heavy atom. The third-order valence-corrected chi connectivity index (χ3v) is 4.23. The molecule has 1 aliphatic rings. The van der Waals surface area contributed by atoms with Crippen molar-refractivity contribution >= 4 is 17.5 Å². The number of hydrogen-bond donors (Lipinski definition) is 1. The number of nitrogens with zero attached hydrogens (tertiary/aromatic N) is 5. The largest absolute Gasteiger partial charge is 0.338 e. The van der Waals surface area contributed by atoms with Crippen molar-refractivity contribution in [2.45, 2.75) is 6.92 Å². The van der Waals surface area contributed by atoms with Crippen LogP contribution in [-0.2, 0) is 0 Å². The summed E-state index contributed by atoms with van der Waals surface area (Å²) in [7, 11) is 0. The summed E-state index contributed by atoms with van der Waals surface area (Å²) in [4.78, 5) is 25.6. The summed E-state index contributed by atoms with van der Waals surface area (Å²) < 4.78 is 0. The molecule has 7 nitrogen and oxygen atoms in total. The van der Waals surface area contributed by atoms with E-state index in [9.17, 15) is 4.79 Å². The van der Waals surface area contributed by atoms with Gasteiger partial charge in [-0.1, -0.05) is 13.0 Å². The standard InChI is InChI=1S/C18H20N6O/c1-2-23-8-10-24(11-9-23)18-20-7-6-16(22-18)17(25)21-15-5-3-4-14(12-15)13-19/h3-7,12H,2,8-11H2,1H3,(H,21,25). The van der Waals surface area contributed by atoms with E-state index < -0.39 is 0 Å². The van der Waals surface area contributed by atoms with Crippen LogP contribution in [0, 0.1) is 11.3 Å². The van der Waals surface area contributed by atoms with Crippen LogP contribution in [0.25, 0.3) is 0 Å². The topological polar surface area (TPSA) is 85.1 Å². The summed E-state index contributed by atoms with van der Waals surface area (Å²) in [5, 5.41) is 11.7. The zero-order valence-electron chi connectivity index (χ0n) is 14.1. The molecule has 0 atom stereocenters. The van der Waals surface area contributed by atoms with Crippen molar-refractivity contribution in [3.8, 4) is 6.07 Å². The number of likely N-dealkylation sites (N-methyl/N-ethyl adjacent to an activating group) is 1. The molecule has 0 bridgehead atoms. The van der Waals surface area contributed by atoms with Gasteiger partial charge < -0.3 is 15.1 Å². The van der Waals surface area contributed by atoms with Crippen LogP contribution in [0.1, 0.15) is 23.0 Å². The molecule has 1 saturated heterocycles. The Kier molecular flexibility index (Phi) is 5.21. The summed E-state index contributed by atoms with van der Waals surface area (Å²) >= 11 is 0. The minimum atomic E-state index is -0.314. The highest BCUT2D eigenvalue weighted by Crippen LogP contribution is 2.14. The summed E-state index contributed by atoms with van der Waals surface area (Å²) in [5.41, 5.74) is 1.38. The zero-order valence-corrected chi connectivity index (χ0v) is 14.1. The first-order valence-electron chi connectivity index (χ1n) is 8.31. The molecule has 0 saturated carbocycles. The zero-order chi connectivity index (χ0) is 17.6. The minimum Gasteiger partial charge on any atom is -0.338 e. The molecule has 25 heavy (non-hydrogen) atoms. The van der Waals surface area contributed by atoms with Crippen LogP contribution in [0.4, 0.5) is 11.6 Å². The lowest BCUT2D eigenvalue weighted by Gasteiger charge is -2.34. The van der Waals surface area contributed by atoms with Gasteiger partial charge in [-0.3, -0.25) is 4.79 Å². The molecule has 1 fully saturated rings. The van der Waals surface area contributed by atoms with E-state index in [1.54, 1.807) is 36.5 Å². The lowest BCUT2D eigenvalue weighted by molar-refractivity contribution is 0.102. The molecule has 2 heterocycles. The van der Waals surface area contributed by atoms with E-state index in [1.807, 2.05) is 0 Å². The highest BCUT2D eigenvalue weighted by molar-refractivity contribution is 6.03. The maximum absolute atomic E-state index is 12.4. The molecule has 128 valence electrons. The third-order valence-electron chi connectivity index (χ3n) is 4.23. The quantitative estimate of drug-likeness (QED) is 0.915. The molecule has 0 radical (unpaired) electrons. The second-order valence-electron chi connectivity index (χ2n) is 5.81. The smallest absolute Gasteiger partial charge is 0.274 e. The lowest BCUT2D eigenvalue weighted by Crippen LogP contribution is -2.46. The predicted molar refractivity (Wildman–Crippen MR) is 95.5 cm³/mol. The minimum absolute atomic E-state index is 0.310. The number of anilines is 2. The number of aromatic nitrogens is 2. The Bertz CT molecular complexity index is 792. The van der Waals surface area contributed by atoms with Crippen molar-refractivity contribution < 1.29 is 4.79 Å². The van der Waals surface area contributed by atoms with E-state index >= 15 is 0 Å². The predicted octanol–water partition coefficient (Wildman–Crippen LogP) is 1.74. The molecule has 1 amide bonds. The van der Waals surface area contributed by atoms with Crippen molar-refractivity contribution in [1.82, 2.24) is 14.9 Å². The molecule has 0 unspecified atom stereocenters. The van der Waals surface area contributed by atoms with Crippen LogP contribution in [-0.4, -0.2) is 53.5 Å². The SMILES string of the molecule is CCN1CCN(c2nccc(C(=O)Nc3cccc(C#N)c3)n2)CC1. The van der Waals surface area contributed by atoms with Gasteiger partial charge in [0.05, 0.1) is 11.6 Å². The first kappa shape index (κ1) is 16.9. The summed E-state index contributed by atoms with van der Waals surface area (Å²) in [6.45, 7) is 6.83. The van der Waals surface area contributed by atoms with Crippen molar-refractivity contribution in [3.63, 3.8) is 0 Å². The monoisotopic (exact) mass is 336 g/mol. The number of benzene rings is 1. The molecule has 1 aromatic heterocycles. The van der Waals surface area contributed by atoms with Crippen LogP contribution in [0.15, 0.2) is 36.5 Å². The van der Waals surface area contributed by atoms with Gasteiger partial charge in [0.2, 0.25) is 5.95 Å². The summed E-state index contributed by atoms with van der Waals surface area (Å²) in [6, 6.07) is 10.4. The van der Waals surface area contributed by atoms with Crippen molar-refractivity contribution in [2.24, 2.45) is 0 Å². The molecule has 0 spiro atoms. The molecule has 1 aromatic carbocycles. The van der Waals surface area contributed by atoms with Gasteiger partial charge in [0.15, 0.2) is 0 Å². The number of nitriles is 1. The molecule has 1 aliphatic heterocycles. The number of piperazine rings is 1. The Hall–Kier alpha value is -2.98. The maximum atomic E-state index is 12.4. The molecule has 2 aromatic rings. The summed E-state index contributed by atoms with van der Waals surface area (Å²) in [5.74, 6) is 0.264. The van der Waals surface area contributed by atoms with E-state index in [1.165, 1.54) is 0 Å². The van der Waals surface area contributed by atoms with E-state index in [4.69, 9.17) is 5.26 Å². The van der Waals surface area contributed by atoms with Gasteiger partial charge in [-0.05, 0) is 30.8 Å². The average Bonchev–Trinajstić information content (AvgIpc) is 2.68. The average molecular weight is 336 g/mol. The first-order chi connectivity index (χ1) is 12.2. The number of rotatable bonds is 4. The number of nitrogens with one attached hydrogen (secondary N) is 1. The lowest BCUT2D eigenvalue weighted by atomic mass is 10.2. The normalized spacial score (nSPS) is 14.8. The molecule has 3 rings (SSSR count). The fourth-order valence-corrected chi connectivity index (χ4v) is 2.75. The van der Waals surface area contributed by atoms with Gasteiger partial charge in [0.1, 0.15) is 5.69 Å². The third kappa shape index (κ3) is 4.11. The van der Waals surface area contributed by atoms with E-state index in [0.29, 0.717) is 22.9 Å². The second-order valence-corrected chi connectivity index (χ2v) is 5.81. The number of amides is 1. The van der Waals surface area contributed by atoms with Crippen LogP contribution < -0.4 is 10.2 Å². The van der Waals surface area contributed by atoms with Crippen molar-refractivity contribution in [3.05, 3.63) is 47.8 Å². The van der Waals surface area contributed by atoms with Gasteiger partial charge in [0.25, 0.3) is 5.91 Å². The number of carbonyl (C=O) groups is 1. The number of hydrogen-bond acceptors (Lipinski definition) is 6. The van der Waals surface area contributed by atoms with Crippen molar-refractivity contribution in [1.29, 1.82) is 5.26 Å². The second kappa shape index (κ2) is 7.73. The van der Waals surface area contributed by atoms with Crippen LogP contribution in [0.3, 0.4) is 0 Å². The van der Waals surface area contributed by atoms with Crippen molar-refractivity contribution in [2.75, 3.05) is 42.9 Å². The van der Waals surface area contributed by atoms with E-state index in [-0.39, 0.29) is 5.91 Å². The molecular weight excluding hydrogens is 316 g/mol. The maximum Gasteiger partial charge on any atom is 0.274 e. The fourth-order valence-electron chi connectivity index (χ4n) is 2.75. The van der Waals surface area contributed by atoms with Crippen LogP contribution >= 0.6 is 0 Å². The highest BCUT2D eigenvalue weighted by atomic mass is 16.1. The number of carbonyl (C=O) groups excluding carboxylic acids is 1. The highest BCUT2D eigenvalue weighted by Gasteiger charge is 2.19. The van der Waals surface area contributed by atoms with Crippen LogP contribution in [0.2, 0.25) is 0 Å². The van der Waals surface area contributed by atoms with E-state index in [0.717, 1.165) is 32.7 Å². The van der Waals surface area contributed by atoms with E-state index in [2.05, 4.69) is 38.1 Å². The van der Waals surface area contributed by atoms with Gasteiger partial charge in [-0.15, -0.1) is 0 Å². The Labute approximate surface area is 146 Å². The Balaban J connectivity index is 1.70. The van der Waals surface area contributed by atoms with Gasteiger partial charge in [-0.2, -0.15) is 5.26 Å². The van der Waals surface area contributed by atoms with Gasteiger partial charge >= 0.3 is 0 Å². The molecule has 0 aliphatic carbocycles. The van der Waals surface area contributed by atoms with Gasteiger partial charge in [0, 0.05) is 38.1 Å². The Morgan fingerprint density at radius 3 is 2.80 bits per heavy atom. The molecule has 7 heteroatoms. The molecule has 1 N–H and O–H groups in total. The first-order valence-corrected chi connectivity index (χ1v) is 8.31. The molecular formula is C18H20N6O. The fraction of sp³-hybridized carbons (Fsp3) is 0.333. The Morgan fingerprint density at radius 1 is 1.28 bits per heavy atom. The van der Waals surface area contributed by atoms with Gasteiger partial charge in [-0.25, -0.2) is 9.97 Å². The van der Waals surface area contributed by atoms with Crippen LogP contribution in [0.5, 0.6) is 0 Å². The summed E-state index contributed by atoms with van der Waals surface area (Å²) in [6.07, 6.45) is 1.61.